The molecule has 2 aliphatic heterocycles. The molecule has 0 radical (unpaired) electrons. The normalized spacial score (nSPS) is 24.0. The van der Waals surface area contributed by atoms with Gasteiger partial charge in [-0.1, -0.05) is 12.1 Å². The molecule has 2 amide bonds. The maximum absolute atomic E-state index is 12.7. The molecule has 144 valence electrons. The number of thiazole rings is 1. The first kappa shape index (κ1) is 18.4. The minimum atomic E-state index is -0.432. The lowest BCUT2D eigenvalue weighted by molar-refractivity contribution is 0.0845. The molecule has 2 aliphatic rings. The van der Waals surface area contributed by atoms with Gasteiger partial charge in [0.05, 0.1) is 36.6 Å². The van der Waals surface area contributed by atoms with E-state index in [-0.39, 0.29) is 12.1 Å². The Bertz CT molecular complexity index is 770. The van der Waals surface area contributed by atoms with Gasteiger partial charge in [-0.15, -0.1) is 11.3 Å². The SMILES string of the molecule is O=C(Nc1cccc(-c2cscn2)c1)N1CCCN(C2COCC2O)CC1. The van der Waals surface area contributed by atoms with Crippen LogP contribution in [-0.4, -0.2) is 77.5 Å². The molecule has 2 saturated heterocycles. The van der Waals surface area contributed by atoms with Crippen LogP contribution in [-0.2, 0) is 4.74 Å². The van der Waals surface area contributed by atoms with Gasteiger partial charge in [-0.2, -0.15) is 0 Å². The van der Waals surface area contributed by atoms with Crippen LogP contribution in [0.4, 0.5) is 10.5 Å². The van der Waals surface area contributed by atoms with Gasteiger partial charge in [0.25, 0.3) is 0 Å². The van der Waals surface area contributed by atoms with Gasteiger partial charge in [-0.3, -0.25) is 4.90 Å². The van der Waals surface area contributed by atoms with Gasteiger partial charge in [-0.25, -0.2) is 9.78 Å². The molecule has 7 nitrogen and oxygen atoms in total. The minimum absolute atomic E-state index is 0.0443. The van der Waals surface area contributed by atoms with E-state index in [1.54, 1.807) is 16.8 Å². The maximum atomic E-state index is 12.7. The van der Waals surface area contributed by atoms with Crippen molar-refractivity contribution in [2.24, 2.45) is 0 Å². The van der Waals surface area contributed by atoms with Gasteiger partial charge in [0.2, 0.25) is 0 Å². The van der Waals surface area contributed by atoms with E-state index in [4.69, 9.17) is 4.74 Å². The van der Waals surface area contributed by atoms with Crippen LogP contribution < -0.4 is 5.32 Å². The summed E-state index contributed by atoms with van der Waals surface area (Å²) in [6, 6.07) is 7.71. The Balaban J connectivity index is 1.37. The van der Waals surface area contributed by atoms with Crippen molar-refractivity contribution >= 4 is 23.1 Å². The van der Waals surface area contributed by atoms with E-state index >= 15 is 0 Å². The summed E-state index contributed by atoms with van der Waals surface area (Å²) >= 11 is 1.55. The number of nitrogens with zero attached hydrogens (tertiary/aromatic N) is 3. The standard InChI is InChI=1S/C19H24N4O3S/c24-18-11-26-10-17(18)22-5-2-6-23(8-7-22)19(25)21-15-4-1-3-14(9-15)16-12-27-13-20-16/h1,3-4,9,12-13,17-18,24H,2,5-8,10-11H2,(H,21,25). The lowest BCUT2D eigenvalue weighted by Gasteiger charge is -2.28. The summed E-state index contributed by atoms with van der Waals surface area (Å²) in [4.78, 5) is 21.1. The number of amides is 2. The van der Waals surface area contributed by atoms with Crippen molar-refractivity contribution in [2.45, 2.75) is 18.6 Å². The van der Waals surface area contributed by atoms with Gasteiger partial charge >= 0.3 is 6.03 Å². The number of benzene rings is 1. The molecular weight excluding hydrogens is 364 g/mol. The predicted octanol–water partition coefficient (Wildman–Crippen LogP) is 2.11. The number of anilines is 1. The molecular formula is C19H24N4O3S. The summed E-state index contributed by atoms with van der Waals surface area (Å²) in [5, 5.41) is 15.0. The molecule has 4 rings (SSSR count). The van der Waals surface area contributed by atoms with Gasteiger partial charge in [0.1, 0.15) is 0 Å². The quantitative estimate of drug-likeness (QED) is 0.842. The number of hydrogen-bond donors (Lipinski definition) is 2. The van der Waals surface area contributed by atoms with Crippen molar-refractivity contribution in [1.82, 2.24) is 14.8 Å². The second-order valence-electron chi connectivity index (χ2n) is 6.93. The van der Waals surface area contributed by atoms with E-state index in [9.17, 15) is 9.90 Å². The molecule has 2 fully saturated rings. The number of aromatic nitrogens is 1. The molecule has 0 bridgehead atoms. The maximum Gasteiger partial charge on any atom is 0.321 e. The zero-order valence-corrected chi connectivity index (χ0v) is 15.9. The molecule has 1 aromatic carbocycles. The molecule has 2 atom stereocenters. The Morgan fingerprint density at radius 3 is 2.96 bits per heavy atom. The first-order valence-corrected chi connectivity index (χ1v) is 10.2. The summed E-state index contributed by atoms with van der Waals surface area (Å²) < 4.78 is 5.37. The number of carbonyl (C=O) groups excluding carboxylic acids is 1. The molecule has 2 N–H and O–H groups in total. The van der Waals surface area contributed by atoms with Crippen molar-refractivity contribution in [3.63, 3.8) is 0 Å². The van der Waals surface area contributed by atoms with E-state index < -0.39 is 6.10 Å². The van der Waals surface area contributed by atoms with Gasteiger partial charge in [-0.05, 0) is 18.6 Å². The third-order valence-electron chi connectivity index (χ3n) is 5.15. The Morgan fingerprint density at radius 1 is 1.26 bits per heavy atom. The van der Waals surface area contributed by atoms with Crippen LogP contribution in [0.25, 0.3) is 11.3 Å². The van der Waals surface area contributed by atoms with Gasteiger partial charge in [0.15, 0.2) is 0 Å². The lowest BCUT2D eigenvalue weighted by atomic mass is 10.1. The number of hydrogen-bond acceptors (Lipinski definition) is 6. The zero-order chi connectivity index (χ0) is 18.6. The lowest BCUT2D eigenvalue weighted by Crippen LogP contribution is -2.45. The van der Waals surface area contributed by atoms with Crippen LogP contribution in [0, 0.1) is 0 Å². The fourth-order valence-electron chi connectivity index (χ4n) is 3.67. The van der Waals surface area contributed by atoms with Crippen LogP contribution in [0.15, 0.2) is 35.2 Å². The largest absolute Gasteiger partial charge is 0.389 e. The van der Waals surface area contributed by atoms with Crippen LogP contribution >= 0.6 is 11.3 Å². The molecule has 1 aromatic heterocycles. The Hall–Kier alpha value is -2.00. The second kappa shape index (κ2) is 8.35. The highest BCUT2D eigenvalue weighted by atomic mass is 32.1. The van der Waals surface area contributed by atoms with E-state index in [2.05, 4.69) is 15.2 Å². The van der Waals surface area contributed by atoms with Gasteiger partial charge in [0, 0.05) is 42.8 Å². The minimum Gasteiger partial charge on any atom is -0.389 e. The molecule has 8 heteroatoms. The molecule has 27 heavy (non-hydrogen) atoms. The molecule has 0 spiro atoms. The second-order valence-corrected chi connectivity index (χ2v) is 7.65. The van der Waals surface area contributed by atoms with Crippen LogP contribution in [0.1, 0.15) is 6.42 Å². The highest BCUT2D eigenvalue weighted by Crippen LogP contribution is 2.23. The summed E-state index contributed by atoms with van der Waals surface area (Å²) in [7, 11) is 0. The predicted molar refractivity (Wildman–Crippen MR) is 105 cm³/mol. The summed E-state index contributed by atoms with van der Waals surface area (Å²) in [5.74, 6) is 0. The Labute approximate surface area is 162 Å². The van der Waals surface area contributed by atoms with E-state index in [1.807, 2.05) is 34.5 Å². The van der Waals surface area contributed by atoms with Crippen LogP contribution in [0.5, 0.6) is 0 Å². The average Bonchev–Trinajstić information content (AvgIpc) is 3.29. The number of nitrogens with one attached hydrogen (secondary N) is 1. The number of ether oxygens (including phenoxy) is 1. The number of aliphatic hydroxyl groups is 1. The highest BCUT2D eigenvalue weighted by Gasteiger charge is 2.33. The first-order valence-electron chi connectivity index (χ1n) is 9.25. The van der Waals surface area contributed by atoms with E-state index in [0.29, 0.717) is 26.3 Å². The number of aliphatic hydroxyl groups excluding tert-OH is 1. The molecule has 2 unspecified atom stereocenters. The third-order valence-corrected chi connectivity index (χ3v) is 5.74. The van der Waals surface area contributed by atoms with Crippen molar-refractivity contribution < 1.29 is 14.6 Å². The zero-order valence-electron chi connectivity index (χ0n) is 15.1. The van der Waals surface area contributed by atoms with Crippen LogP contribution in [0.3, 0.4) is 0 Å². The van der Waals surface area contributed by atoms with Crippen molar-refractivity contribution in [3.8, 4) is 11.3 Å². The fraction of sp³-hybridized carbons (Fsp3) is 0.474. The first-order chi connectivity index (χ1) is 13.2. The van der Waals surface area contributed by atoms with Crippen LogP contribution in [0.2, 0.25) is 0 Å². The summed E-state index contributed by atoms with van der Waals surface area (Å²) in [6.45, 7) is 3.93. The highest BCUT2D eigenvalue weighted by molar-refractivity contribution is 7.07. The topological polar surface area (TPSA) is 77.9 Å². The van der Waals surface area contributed by atoms with E-state index in [1.165, 1.54) is 0 Å². The van der Waals surface area contributed by atoms with E-state index in [0.717, 1.165) is 36.5 Å². The summed E-state index contributed by atoms with van der Waals surface area (Å²) in [6.07, 6.45) is 0.453. The molecule has 0 aliphatic carbocycles. The van der Waals surface area contributed by atoms with Crippen molar-refractivity contribution in [1.29, 1.82) is 0 Å². The monoisotopic (exact) mass is 388 g/mol. The summed E-state index contributed by atoms with van der Waals surface area (Å²) in [5.41, 5.74) is 4.48. The number of urea groups is 1. The number of carbonyl (C=O) groups is 1. The fourth-order valence-corrected chi connectivity index (χ4v) is 4.23. The Morgan fingerprint density at radius 2 is 2.19 bits per heavy atom. The Kier molecular flexibility index (Phi) is 5.68. The number of rotatable bonds is 3. The van der Waals surface area contributed by atoms with Crippen molar-refractivity contribution in [3.05, 3.63) is 35.2 Å². The third kappa shape index (κ3) is 4.30. The smallest absolute Gasteiger partial charge is 0.321 e. The molecule has 0 saturated carbocycles. The molecule has 3 heterocycles. The van der Waals surface area contributed by atoms with Crippen molar-refractivity contribution in [2.75, 3.05) is 44.7 Å². The van der Waals surface area contributed by atoms with Gasteiger partial charge < -0.3 is 20.1 Å². The molecule has 2 aromatic rings. The average molecular weight is 388 g/mol.